The van der Waals surface area contributed by atoms with Crippen LogP contribution in [0.2, 0.25) is 0 Å². The maximum atomic E-state index is 9.87. The third-order valence-electron chi connectivity index (χ3n) is 4.32. The summed E-state index contributed by atoms with van der Waals surface area (Å²) in [5, 5.41) is 0. The Morgan fingerprint density at radius 3 is 0.767 bits per heavy atom. The number of ether oxygens (including phenoxy) is 1. The predicted octanol–water partition coefficient (Wildman–Crippen LogP) is 7.12. The molecular formula is C26H22F12I2OP2. The Hall–Kier alpha value is -1.84. The van der Waals surface area contributed by atoms with Gasteiger partial charge in [0.25, 0.3) is 0 Å². The van der Waals surface area contributed by atoms with E-state index in [0.717, 1.165) is 11.5 Å². The molecule has 4 aromatic rings. The van der Waals surface area contributed by atoms with Gasteiger partial charge in [0, 0.05) is 0 Å². The van der Waals surface area contributed by atoms with Gasteiger partial charge in [-0.2, -0.15) is 0 Å². The molecule has 0 N–H and O–H groups in total. The van der Waals surface area contributed by atoms with Gasteiger partial charge in [-0.1, -0.05) is 35.4 Å². The van der Waals surface area contributed by atoms with Gasteiger partial charge in [-0.25, -0.2) is 0 Å². The molecule has 0 radical (unpaired) electrons. The van der Waals surface area contributed by atoms with Crippen molar-refractivity contribution in [3.8, 4) is 11.5 Å². The summed E-state index contributed by atoms with van der Waals surface area (Å²) in [7, 11) is -21.3. The van der Waals surface area contributed by atoms with Crippen molar-refractivity contribution >= 4 is 15.6 Å². The molecule has 0 unspecified atom stereocenters. The third-order valence-corrected chi connectivity index (χ3v) is 9.69. The molecule has 0 aliphatic rings. The van der Waals surface area contributed by atoms with E-state index in [1.807, 2.05) is 0 Å². The van der Waals surface area contributed by atoms with E-state index in [-0.39, 0.29) is 42.4 Å². The normalized spacial score (nSPS) is 14.7. The Labute approximate surface area is 259 Å². The van der Waals surface area contributed by atoms with Crippen LogP contribution in [0, 0.1) is 28.1 Å². The monoisotopic (exact) mass is 894 g/mol. The van der Waals surface area contributed by atoms with E-state index in [0.29, 0.717) is 0 Å². The zero-order valence-corrected chi connectivity index (χ0v) is 27.9. The van der Waals surface area contributed by atoms with Gasteiger partial charge in [0.15, 0.2) is 14.3 Å². The summed E-state index contributed by atoms with van der Waals surface area (Å²) in [5.41, 5.74) is 2.63. The molecule has 17 heteroatoms. The zero-order valence-electron chi connectivity index (χ0n) is 21.8. The average Bonchev–Trinajstić information content (AvgIpc) is 2.81. The molecule has 0 bridgehead atoms. The van der Waals surface area contributed by atoms with Gasteiger partial charge in [0.1, 0.15) is 11.5 Å². The molecule has 0 amide bonds. The number of rotatable bonds is 6. The van der Waals surface area contributed by atoms with Crippen LogP contribution >= 0.6 is 15.6 Å². The fourth-order valence-corrected chi connectivity index (χ4v) is 7.03. The minimum absolute atomic E-state index is 0.141. The van der Waals surface area contributed by atoms with Gasteiger partial charge in [-0.15, -0.1) is 0 Å². The van der Waals surface area contributed by atoms with Gasteiger partial charge >= 0.3 is 108 Å². The molecule has 4 rings (SSSR count). The first-order valence-electron chi connectivity index (χ1n) is 11.5. The van der Waals surface area contributed by atoms with Crippen molar-refractivity contribution in [3.05, 3.63) is 122 Å². The number of hydrogen-bond donors (Lipinski definition) is 0. The Bertz CT molecular complexity index is 1350. The molecular weight excluding hydrogens is 872 g/mol. The van der Waals surface area contributed by atoms with Crippen molar-refractivity contribution in [1.82, 2.24) is 0 Å². The summed E-state index contributed by atoms with van der Waals surface area (Å²) >= 11 is -0.282. The quantitative estimate of drug-likeness (QED) is 0.114. The predicted molar refractivity (Wildman–Crippen MR) is 137 cm³/mol. The molecule has 43 heavy (non-hydrogen) atoms. The molecule has 0 atom stereocenters. The summed E-state index contributed by atoms with van der Waals surface area (Å²) in [5.74, 6) is 1.78. The molecule has 4 aromatic carbocycles. The van der Waals surface area contributed by atoms with E-state index >= 15 is 0 Å². The summed E-state index contributed by atoms with van der Waals surface area (Å²) in [6.45, 7) is 4.26. The average molecular weight is 894 g/mol. The maximum absolute atomic E-state index is 10.7. The minimum atomic E-state index is -10.7. The van der Waals surface area contributed by atoms with Crippen LogP contribution in [0.25, 0.3) is 0 Å². The molecule has 0 aliphatic carbocycles. The standard InChI is InChI=1S/C26H22I2O.2F6P/c1-19-3-7-21(8-4-19)27-23-11-15-25(16-12-23)29-26-17-13-24(14-18-26)28-22-9-5-20(2)6-10-22;2*1-7(2,3,4,5)6/h3-18H,1-2H3;;/q+2;2*-1. The zero-order chi connectivity index (χ0) is 32.9. The Morgan fingerprint density at radius 2 is 0.558 bits per heavy atom. The van der Waals surface area contributed by atoms with Crippen molar-refractivity contribution in [2.75, 3.05) is 0 Å². The van der Waals surface area contributed by atoms with Crippen molar-refractivity contribution in [1.29, 1.82) is 0 Å². The first-order chi connectivity index (χ1) is 19.0. The van der Waals surface area contributed by atoms with Crippen molar-refractivity contribution in [2.45, 2.75) is 13.8 Å². The van der Waals surface area contributed by atoms with Crippen molar-refractivity contribution < 1.29 is 97.5 Å². The molecule has 0 aliphatic heterocycles. The van der Waals surface area contributed by atoms with Gasteiger partial charge in [0.2, 0.25) is 0 Å². The molecule has 0 saturated heterocycles. The van der Waals surface area contributed by atoms with Crippen LogP contribution in [-0.2, 0) is 0 Å². The van der Waals surface area contributed by atoms with Gasteiger partial charge in [0.05, 0.1) is 0 Å². The molecule has 240 valence electrons. The van der Waals surface area contributed by atoms with Crippen LogP contribution in [0.15, 0.2) is 97.1 Å². The molecule has 0 heterocycles. The van der Waals surface area contributed by atoms with E-state index in [9.17, 15) is 50.4 Å². The fourth-order valence-electron chi connectivity index (χ4n) is 2.71. The summed E-state index contributed by atoms with van der Waals surface area (Å²) in [4.78, 5) is 0. The second kappa shape index (κ2) is 12.2. The van der Waals surface area contributed by atoms with E-state index in [1.54, 1.807) is 0 Å². The van der Waals surface area contributed by atoms with E-state index < -0.39 is 15.6 Å². The SMILES string of the molecule is Cc1ccc([I+]c2ccc(Oc3ccc([I+]c4ccc(C)cc4)cc3)cc2)cc1.F[P-](F)(F)(F)(F)F.F[P-](F)(F)(F)(F)F. The Balaban J connectivity index is 0.000000384. The topological polar surface area (TPSA) is 9.23 Å². The van der Waals surface area contributed by atoms with Crippen LogP contribution < -0.4 is 47.1 Å². The molecule has 0 fully saturated rings. The molecule has 0 spiro atoms. The molecule has 0 saturated carbocycles. The van der Waals surface area contributed by atoms with Crippen molar-refractivity contribution in [3.63, 3.8) is 0 Å². The summed E-state index contributed by atoms with van der Waals surface area (Å²) in [6, 6.07) is 34.8. The van der Waals surface area contributed by atoms with Crippen LogP contribution in [0.5, 0.6) is 11.5 Å². The first kappa shape index (κ1) is 37.3. The third kappa shape index (κ3) is 23.2. The van der Waals surface area contributed by atoms with E-state index in [2.05, 4.69) is 111 Å². The van der Waals surface area contributed by atoms with Crippen LogP contribution in [0.3, 0.4) is 0 Å². The molecule has 1 nitrogen and oxygen atoms in total. The van der Waals surface area contributed by atoms with Crippen LogP contribution in [0.4, 0.5) is 50.4 Å². The number of hydrogen-bond acceptors (Lipinski definition) is 1. The van der Waals surface area contributed by atoms with E-state index in [1.165, 1.54) is 25.4 Å². The second-order valence-electron chi connectivity index (χ2n) is 8.71. The van der Waals surface area contributed by atoms with Gasteiger partial charge < -0.3 is 4.74 Å². The van der Waals surface area contributed by atoms with Gasteiger partial charge in [-0.05, 0) is 86.6 Å². The number of benzene rings is 4. The number of halogens is 14. The Kier molecular flexibility index (Phi) is 10.6. The number of aryl methyl sites for hydroxylation is 2. The molecule has 0 aromatic heterocycles. The van der Waals surface area contributed by atoms with Gasteiger partial charge in [-0.3, -0.25) is 0 Å². The Morgan fingerprint density at radius 1 is 0.372 bits per heavy atom. The van der Waals surface area contributed by atoms with E-state index in [4.69, 9.17) is 4.74 Å². The first-order valence-corrected chi connectivity index (χ1v) is 19.8. The second-order valence-corrected chi connectivity index (χ2v) is 18.6. The van der Waals surface area contributed by atoms with Crippen LogP contribution in [0.1, 0.15) is 11.1 Å². The van der Waals surface area contributed by atoms with Crippen LogP contribution in [-0.4, -0.2) is 0 Å². The summed E-state index contributed by atoms with van der Waals surface area (Å²) < 4.78 is 130. The van der Waals surface area contributed by atoms with Crippen molar-refractivity contribution in [2.24, 2.45) is 0 Å². The fraction of sp³-hybridized carbons (Fsp3) is 0.0769. The summed E-state index contributed by atoms with van der Waals surface area (Å²) in [6.07, 6.45) is 0.